The van der Waals surface area contributed by atoms with Crippen LogP contribution in [0.1, 0.15) is 31.2 Å². The van der Waals surface area contributed by atoms with Crippen LogP contribution in [0.5, 0.6) is 0 Å². The van der Waals surface area contributed by atoms with Gasteiger partial charge in [-0.25, -0.2) is 13.3 Å². The maximum Gasteiger partial charge on any atom is 0.475 e. The third-order valence-corrected chi connectivity index (χ3v) is 7.67. The van der Waals surface area contributed by atoms with Gasteiger partial charge in [-0.1, -0.05) is 0 Å². The molecule has 194 valence electrons. The molecule has 2 aromatic heterocycles. The third kappa shape index (κ3) is 4.34. The van der Waals surface area contributed by atoms with E-state index in [0.29, 0.717) is 0 Å². The van der Waals surface area contributed by atoms with E-state index in [9.17, 15) is 28.4 Å². The van der Waals surface area contributed by atoms with Gasteiger partial charge in [0.25, 0.3) is 5.56 Å². The topological polar surface area (TPSA) is 171 Å². The lowest BCUT2D eigenvalue weighted by Crippen LogP contribution is -2.44. The van der Waals surface area contributed by atoms with E-state index in [1.807, 2.05) is 0 Å². The molecule has 2 aliphatic heterocycles. The Hall–Kier alpha value is -2.71. The van der Waals surface area contributed by atoms with Gasteiger partial charge < -0.3 is 25.3 Å². The fourth-order valence-electron chi connectivity index (χ4n) is 4.34. The van der Waals surface area contributed by atoms with Gasteiger partial charge >= 0.3 is 7.82 Å². The fraction of sp³-hybridized carbons (Fsp3) is 0.429. The molecule has 12 nitrogen and oxygen atoms in total. The Labute approximate surface area is 202 Å². The molecule has 0 amide bonds. The first kappa shape index (κ1) is 25.0. The SMILES string of the molecule is C[C@@]1(O)[C@H](O)[C@@H](CO[P@@]2(=O)OCC[C@@H](c3cc(F)ccc3F)O2)O[C@H]1n1ccc2c(=O)[nH]c(N)nc21. The van der Waals surface area contributed by atoms with Gasteiger partial charge in [0.15, 0.2) is 11.9 Å². The van der Waals surface area contributed by atoms with E-state index in [4.69, 9.17) is 24.0 Å². The van der Waals surface area contributed by atoms with Crippen molar-refractivity contribution in [1.29, 1.82) is 0 Å². The standard InChI is InChI=1S/C21H23F2N4O8P/c1-21(30)16(28)15(34-19(21)27-6-4-11-17(27)25-20(24)26-18(11)29)9-33-36(31)32-7-5-14(35-36)12-8-10(22)2-3-13(12)23/h2-4,6,8,14-16,19,28,30H,5,7,9H2,1H3,(H3,24,25,26,29)/t14-,15+,16+,19+,21+,36+/m0/s1. The van der Waals surface area contributed by atoms with Crippen molar-refractivity contribution in [3.63, 3.8) is 0 Å². The van der Waals surface area contributed by atoms with Crippen LogP contribution < -0.4 is 11.3 Å². The molecular formula is C21H23F2N4O8P. The fourth-order valence-corrected chi connectivity index (χ4v) is 5.73. The van der Waals surface area contributed by atoms with Crippen LogP contribution in [0.25, 0.3) is 11.0 Å². The number of benzene rings is 1. The second-order valence-electron chi connectivity index (χ2n) is 8.73. The Morgan fingerprint density at radius 3 is 2.94 bits per heavy atom. The summed E-state index contributed by atoms with van der Waals surface area (Å²) in [4.78, 5) is 18.6. The molecule has 6 atom stereocenters. The normalized spacial score (nSPS) is 32.8. The van der Waals surface area contributed by atoms with Gasteiger partial charge in [0, 0.05) is 18.2 Å². The monoisotopic (exact) mass is 528 g/mol. The average molecular weight is 528 g/mol. The quantitative estimate of drug-likeness (QED) is 0.359. The molecule has 2 saturated heterocycles. The number of aromatic amines is 1. The number of aliphatic hydroxyl groups excluding tert-OH is 1. The summed E-state index contributed by atoms with van der Waals surface area (Å²) in [7, 11) is -4.27. The molecule has 4 heterocycles. The van der Waals surface area contributed by atoms with Crippen molar-refractivity contribution in [3.05, 3.63) is 58.0 Å². The number of aromatic nitrogens is 3. The van der Waals surface area contributed by atoms with Crippen molar-refractivity contribution in [2.75, 3.05) is 18.9 Å². The summed E-state index contributed by atoms with van der Waals surface area (Å²) in [6, 6.07) is 4.27. The van der Waals surface area contributed by atoms with Gasteiger partial charge in [-0.05, 0) is 31.2 Å². The summed E-state index contributed by atoms with van der Waals surface area (Å²) in [6.07, 6.45) is -3.53. The van der Waals surface area contributed by atoms with Crippen LogP contribution in [0.2, 0.25) is 0 Å². The number of hydrogen-bond acceptors (Lipinski definition) is 10. The van der Waals surface area contributed by atoms with Gasteiger partial charge in [0.1, 0.15) is 29.4 Å². The minimum atomic E-state index is -4.27. The predicted octanol–water partition coefficient (Wildman–Crippen LogP) is 1.90. The second-order valence-corrected chi connectivity index (χ2v) is 10.4. The van der Waals surface area contributed by atoms with Crippen molar-refractivity contribution >= 4 is 24.8 Å². The zero-order valence-electron chi connectivity index (χ0n) is 18.8. The van der Waals surface area contributed by atoms with Crippen LogP contribution in [0.15, 0.2) is 35.3 Å². The molecule has 2 fully saturated rings. The van der Waals surface area contributed by atoms with E-state index in [1.54, 1.807) is 0 Å². The van der Waals surface area contributed by atoms with Crippen LogP contribution in [0.3, 0.4) is 0 Å². The molecule has 0 radical (unpaired) electrons. The number of nitrogen functional groups attached to an aromatic ring is 1. The van der Waals surface area contributed by atoms with Gasteiger partial charge in [-0.15, -0.1) is 0 Å². The van der Waals surface area contributed by atoms with Gasteiger partial charge in [-0.2, -0.15) is 4.98 Å². The number of nitrogens with one attached hydrogen (secondary N) is 1. The number of halogens is 2. The van der Waals surface area contributed by atoms with Gasteiger partial charge in [0.05, 0.1) is 24.7 Å². The van der Waals surface area contributed by atoms with Crippen molar-refractivity contribution in [2.24, 2.45) is 0 Å². The van der Waals surface area contributed by atoms with Crippen LogP contribution in [-0.2, 0) is 22.9 Å². The van der Waals surface area contributed by atoms with Crippen molar-refractivity contribution < 1.29 is 41.9 Å². The van der Waals surface area contributed by atoms with Crippen LogP contribution >= 0.6 is 7.82 Å². The Kier molecular flexibility index (Phi) is 6.24. The highest BCUT2D eigenvalue weighted by Crippen LogP contribution is 2.57. The molecule has 0 unspecified atom stereocenters. The molecular weight excluding hydrogens is 505 g/mol. The zero-order valence-corrected chi connectivity index (χ0v) is 19.7. The highest BCUT2D eigenvalue weighted by Gasteiger charge is 2.54. The van der Waals surface area contributed by atoms with Crippen LogP contribution in [-0.4, -0.2) is 55.8 Å². The summed E-state index contributed by atoms with van der Waals surface area (Å²) in [5.74, 6) is -1.58. The minimum absolute atomic E-state index is 0.100. The first-order chi connectivity index (χ1) is 17.0. The Morgan fingerprint density at radius 1 is 1.39 bits per heavy atom. The minimum Gasteiger partial charge on any atom is -0.387 e. The Morgan fingerprint density at radius 2 is 2.17 bits per heavy atom. The molecule has 5 rings (SSSR count). The number of phosphoric ester groups is 1. The molecule has 0 saturated carbocycles. The lowest BCUT2D eigenvalue weighted by Gasteiger charge is -2.30. The maximum absolute atomic E-state index is 14.2. The molecule has 2 aliphatic rings. The average Bonchev–Trinajstić information content (AvgIpc) is 3.32. The second kappa shape index (κ2) is 8.99. The smallest absolute Gasteiger partial charge is 0.387 e. The third-order valence-electron chi connectivity index (χ3n) is 6.19. The Bertz CT molecular complexity index is 1410. The summed E-state index contributed by atoms with van der Waals surface area (Å²) in [5, 5.41) is 21.9. The van der Waals surface area contributed by atoms with Gasteiger partial charge in [-0.3, -0.25) is 23.3 Å². The number of rotatable bonds is 5. The van der Waals surface area contributed by atoms with Crippen molar-refractivity contribution in [3.8, 4) is 0 Å². The predicted molar refractivity (Wildman–Crippen MR) is 120 cm³/mol. The number of hydrogen-bond donors (Lipinski definition) is 4. The lowest BCUT2D eigenvalue weighted by atomic mass is 9.96. The first-order valence-electron chi connectivity index (χ1n) is 10.9. The lowest BCUT2D eigenvalue weighted by molar-refractivity contribution is -0.0950. The van der Waals surface area contributed by atoms with E-state index >= 15 is 0 Å². The summed E-state index contributed by atoms with van der Waals surface area (Å²) < 4.78 is 63.8. The zero-order chi connectivity index (χ0) is 25.8. The molecule has 15 heteroatoms. The van der Waals surface area contributed by atoms with Crippen molar-refractivity contribution in [1.82, 2.24) is 14.5 Å². The summed E-state index contributed by atoms with van der Waals surface area (Å²) in [5.41, 5.74) is 3.22. The highest BCUT2D eigenvalue weighted by atomic mass is 31.2. The van der Waals surface area contributed by atoms with Crippen molar-refractivity contribution in [2.45, 2.75) is 43.5 Å². The number of aliphatic hydroxyl groups is 2. The molecule has 0 aliphatic carbocycles. The van der Waals surface area contributed by atoms with E-state index in [2.05, 4.69) is 9.97 Å². The molecule has 1 aromatic carbocycles. The van der Waals surface area contributed by atoms with E-state index < -0.39 is 61.8 Å². The van der Waals surface area contributed by atoms with Crippen LogP contribution in [0.4, 0.5) is 14.7 Å². The number of phosphoric acid groups is 1. The molecule has 0 spiro atoms. The summed E-state index contributed by atoms with van der Waals surface area (Å²) >= 11 is 0. The molecule has 3 aromatic rings. The number of fused-ring (bicyclic) bond motifs is 1. The number of ether oxygens (including phenoxy) is 1. The maximum atomic E-state index is 14.2. The largest absolute Gasteiger partial charge is 0.475 e. The first-order valence-corrected chi connectivity index (χ1v) is 12.4. The summed E-state index contributed by atoms with van der Waals surface area (Å²) in [6.45, 7) is 0.644. The van der Waals surface area contributed by atoms with E-state index in [1.165, 1.54) is 23.8 Å². The molecule has 0 bridgehead atoms. The molecule has 36 heavy (non-hydrogen) atoms. The van der Waals surface area contributed by atoms with E-state index in [-0.39, 0.29) is 35.6 Å². The highest BCUT2D eigenvalue weighted by molar-refractivity contribution is 7.48. The van der Waals surface area contributed by atoms with E-state index in [0.717, 1.165) is 18.2 Å². The van der Waals surface area contributed by atoms with Crippen LogP contribution in [0, 0.1) is 11.6 Å². The van der Waals surface area contributed by atoms with Gasteiger partial charge in [0.2, 0.25) is 5.95 Å². The molecule has 5 N–H and O–H groups in total. The Balaban J connectivity index is 1.33. The number of nitrogens with two attached hydrogens (primary N) is 1. The number of nitrogens with zero attached hydrogens (tertiary/aromatic N) is 2. The number of anilines is 1. The number of H-pyrrole nitrogens is 1.